The minimum atomic E-state index is -3.72. The van der Waals surface area contributed by atoms with Crippen LogP contribution < -0.4 is 5.73 Å². The number of rotatable bonds is 2. The van der Waals surface area contributed by atoms with Gasteiger partial charge in [0.1, 0.15) is 0 Å². The molecule has 0 radical (unpaired) electrons. The Hall–Kier alpha value is -2.87. The fourth-order valence-corrected chi connectivity index (χ4v) is 3.87. The molecule has 0 saturated carbocycles. The zero-order chi connectivity index (χ0) is 16.2. The second-order valence-corrected chi connectivity index (χ2v) is 7.09. The minimum Gasteiger partial charge on any atom is -0.369 e. The highest BCUT2D eigenvalue weighted by Crippen LogP contribution is 2.23. The number of imidazole rings is 1. The van der Waals surface area contributed by atoms with Crippen molar-refractivity contribution in [3.05, 3.63) is 54.5 Å². The summed E-state index contributed by atoms with van der Waals surface area (Å²) in [5.74, 6) is 0.290. The van der Waals surface area contributed by atoms with E-state index in [2.05, 4.69) is 9.97 Å². The van der Waals surface area contributed by atoms with E-state index in [1.54, 1.807) is 47.1 Å². The van der Waals surface area contributed by atoms with Gasteiger partial charge in [-0.2, -0.15) is 0 Å². The molecule has 0 saturated heterocycles. The Labute approximate surface area is 132 Å². The van der Waals surface area contributed by atoms with Gasteiger partial charge in [-0.15, -0.1) is 0 Å². The van der Waals surface area contributed by atoms with Gasteiger partial charge in [-0.1, -0.05) is 17.7 Å². The van der Waals surface area contributed by atoms with Crippen LogP contribution in [0.5, 0.6) is 0 Å². The van der Waals surface area contributed by atoms with Crippen molar-refractivity contribution < 1.29 is 8.42 Å². The van der Waals surface area contributed by atoms with Crippen molar-refractivity contribution in [1.29, 1.82) is 0 Å². The molecule has 2 N–H and O–H groups in total. The van der Waals surface area contributed by atoms with Crippen molar-refractivity contribution in [2.75, 3.05) is 5.73 Å². The maximum Gasteiger partial charge on any atom is 0.269 e. The number of anilines is 1. The van der Waals surface area contributed by atoms with Gasteiger partial charge in [0, 0.05) is 6.20 Å². The number of hydrogen-bond acceptors (Lipinski definition) is 5. The molecule has 3 heterocycles. The molecular formula is C15H13N5O2S. The molecule has 0 fully saturated rings. The Kier molecular flexibility index (Phi) is 2.73. The molecule has 0 aliphatic heterocycles. The maximum absolute atomic E-state index is 12.8. The summed E-state index contributed by atoms with van der Waals surface area (Å²) in [6.45, 7) is 1.90. The van der Waals surface area contributed by atoms with Crippen LogP contribution in [0.1, 0.15) is 5.56 Å². The fraction of sp³-hybridized carbons (Fsp3) is 0.0667. The summed E-state index contributed by atoms with van der Waals surface area (Å²) in [6, 6.07) is 8.36. The van der Waals surface area contributed by atoms with Crippen LogP contribution >= 0.6 is 0 Å². The van der Waals surface area contributed by atoms with Crippen LogP contribution in [0, 0.1) is 6.92 Å². The smallest absolute Gasteiger partial charge is 0.269 e. The van der Waals surface area contributed by atoms with Gasteiger partial charge >= 0.3 is 0 Å². The summed E-state index contributed by atoms with van der Waals surface area (Å²) in [5, 5.41) is 0. The minimum absolute atomic E-state index is 0.209. The zero-order valence-corrected chi connectivity index (χ0v) is 13.0. The Morgan fingerprint density at radius 1 is 1.04 bits per heavy atom. The summed E-state index contributed by atoms with van der Waals surface area (Å²) in [4.78, 5) is 8.50. The molecule has 7 nitrogen and oxygen atoms in total. The quantitative estimate of drug-likeness (QED) is 0.606. The SMILES string of the molecule is Cc1ccc(S(=O)(=O)n2ccc3c2ncc2cnc(N)n23)cc1. The number of nitrogens with two attached hydrogens (primary N) is 1. The molecule has 3 aromatic heterocycles. The topological polar surface area (TPSA) is 95.3 Å². The number of aryl methyl sites for hydroxylation is 1. The van der Waals surface area contributed by atoms with Crippen molar-refractivity contribution in [3.8, 4) is 0 Å². The third kappa shape index (κ3) is 1.92. The van der Waals surface area contributed by atoms with Gasteiger partial charge in [-0.25, -0.2) is 22.4 Å². The predicted molar refractivity (Wildman–Crippen MR) is 86.7 cm³/mol. The van der Waals surface area contributed by atoms with E-state index in [1.165, 1.54) is 6.20 Å². The lowest BCUT2D eigenvalue weighted by molar-refractivity contribution is 0.588. The number of benzene rings is 1. The highest BCUT2D eigenvalue weighted by atomic mass is 32.2. The van der Waals surface area contributed by atoms with Gasteiger partial charge in [0.25, 0.3) is 10.0 Å². The largest absolute Gasteiger partial charge is 0.369 e. The van der Waals surface area contributed by atoms with Gasteiger partial charge in [-0.3, -0.25) is 4.40 Å². The van der Waals surface area contributed by atoms with E-state index in [0.29, 0.717) is 16.7 Å². The van der Waals surface area contributed by atoms with Crippen LogP contribution in [-0.2, 0) is 10.0 Å². The molecule has 0 atom stereocenters. The molecule has 0 bridgehead atoms. The highest BCUT2D eigenvalue weighted by Gasteiger charge is 2.21. The van der Waals surface area contributed by atoms with Crippen molar-refractivity contribution in [2.24, 2.45) is 0 Å². The average molecular weight is 327 g/mol. The molecular weight excluding hydrogens is 314 g/mol. The normalized spacial score (nSPS) is 12.2. The van der Waals surface area contributed by atoms with E-state index in [0.717, 1.165) is 9.54 Å². The van der Waals surface area contributed by atoms with E-state index in [-0.39, 0.29) is 10.8 Å². The molecule has 4 aromatic rings. The molecule has 116 valence electrons. The molecule has 0 aliphatic carbocycles. The second kappa shape index (κ2) is 4.56. The summed E-state index contributed by atoms with van der Waals surface area (Å²) in [5.41, 5.74) is 8.45. The standard InChI is InChI=1S/C15H13N5O2S/c1-10-2-4-12(5-3-10)23(21,22)19-7-6-13-14(19)17-8-11-9-18-15(16)20(11)13/h2-9H,1H3,(H2,16,18). The van der Waals surface area contributed by atoms with E-state index in [1.807, 2.05) is 6.92 Å². The third-order valence-corrected chi connectivity index (χ3v) is 5.44. The molecule has 23 heavy (non-hydrogen) atoms. The van der Waals surface area contributed by atoms with E-state index in [9.17, 15) is 8.42 Å². The first-order valence-corrected chi connectivity index (χ1v) is 8.34. The van der Waals surface area contributed by atoms with Crippen LogP contribution in [-0.4, -0.2) is 26.8 Å². The Balaban J connectivity index is 2.00. The fourth-order valence-electron chi connectivity index (χ4n) is 2.57. The number of fused-ring (bicyclic) bond motifs is 3. The van der Waals surface area contributed by atoms with Crippen molar-refractivity contribution >= 4 is 32.7 Å². The Morgan fingerprint density at radius 2 is 1.74 bits per heavy atom. The number of hydrogen-bond donors (Lipinski definition) is 1. The van der Waals surface area contributed by atoms with Crippen molar-refractivity contribution in [1.82, 2.24) is 18.3 Å². The van der Waals surface area contributed by atoms with Gasteiger partial charge in [-0.05, 0) is 25.1 Å². The number of nitrogens with zero attached hydrogens (tertiary/aromatic N) is 4. The van der Waals surface area contributed by atoms with Crippen molar-refractivity contribution in [3.63, 3.8) is 0 Å². The first kappa shape index (κ1) is 13.8. The lowest BCUT2D eigenvalue weighted by Crippen LogP contribution is -2.12. The average Bonchev–Trinajstić information content (AvgIpc) is 3.11. The number of aromatic nitrogens is 4. The van der Waals surface area contributed by atoms with E-state index in [4.69, 9.17) is 5.73 Å². The second-order valence-electron chi connectivity index (χ2n) is 5.27. The monoisotopic (exact) mass is 327 g/mol. The van der Waals surface area contributed by atoms with E-state index < -0.39 is 10.0 Å². The lowest BCUT2D eigenvalue weighted by atomic mass is 10.2. The molecule has 0 spiro atoms. The van der Waals surface area contributed by atoms with E-state index >= 15 is 0 Å². The van der Waals surface area contributed by atoms with Crippen LogP contribution in [0.3, 0.4) is 0 Å². The molecule has 0 unspecified atom stereocenters. The predicted octanol–water partition coefficient (Wildman–Crippen LogP) is 1.81. The summed E-state index contributed by atoms with van der Waals surface area (Å²) < 4.78 is 28.5. The van der Waals surface area contributed by atoms with Gasteiger partial charge in [0.15, 0.2) is 5.65 Å². The van der Waals surface area contributed by atoms with Gasteiger partial charge < -0.3 is 5.73 Å². The summed E-state index contributed by atoms with van der Waals surface area (Å²) in [7, 11) is -3.72. The third-order valence-electron chi connectivity index (χ3n) is 3.76. The van der Waals surface area contributed by atoms with Crippen LogP contribution in [0.25, 0.3) is 16.7 Å². The first-order chi connectivity index (χ1) is 11.0. The summed E-state index contributed by atoms with van der Waals surface area (Å²) in [6.07, 6.45) is 4.62. The Morgan fingerprint density at radius 3 is 2.48 bits per heavy atom. The molecule has 4 rings (SSSR count). The van der Waals surface area contributed by atoms with Crippen molar-refractivity contribution in [2.45, 2.75) is 11.8 Å². The number of nitrogen functional groups attached to an aromatic ring is 1. The zero-order valence-electron chi connectivity index (χ0n) is 12.2. The van der Waals surface area contributed by atoms with Crippen LogP contribution in [0.15, 0.2) is 53.8 Å². The highest BCUT2D eigenvalue weighted by molar-refractivity contribution is 7.90. The first-order valence-electron chi connectivity index (χ1n) is 6.90. The van der Waals surface area contributed by atoms with Gasteiger partial charge in [0.05, 0.1) is 28.3 Å². The summed E-state index contributed by atoms with van der Waals surface area (Å²) >= 11 is 0. The maximum atomic E-state index is 12.8. The van der Waals surface area contributed by atoms with Gasteiger partial charge in [0.2, 0.25) is 5.95 Å². The lowest BCUT2D eigenvalue weighted by Gasteiger charge is -2.07. The molecule has 0 amide bonds. The molecule has 0 aliphatic rings. The molecule has 8 heteroatoms. The van der Waals surface area contributed by atoms with Crippen LogP contribution in [0.2, 0.25) is 0 Å². The van der Waals surface area contributed by atoms with Crippen LogP contribution in [0.4, 0.5) is 5.95 Å². The Bertz CT molecular complexity index is 1140. The molecule has 1 aromatic carbocycles.